The van der Waals surface area contributed by atoms with Crippen LogP contribution < -0.4 is 16.4 Å². The Morgan fingerprint density at radius 2 is 1.56 bits per heavy atom. The summed E-state index contributed by atoms with van der Waals surface area (Å²) in [6.45, 7) is 9.64. The number of nitrogens with one attached hydrogen (secondary N) is 2. The van der Waals surface area contributed by atoms with E-state index in [0.717, 1.165) is 0 Å². The van der Waals surface area contributed by atoms with Crippen LogP contribution in [0.3, 0.4) is 0 Å². The highest BCUT2D eigenvalue weighted by Crippen LogP contribution is 2.06. The van der Waals surface area contributed by atoms with Gasteiger partial charge >= 0.3 is 18.0 Å². The molecule has 25 heavy (non-hydrogen) atoms. The summed E-state index contributed by atoms with van der Waals surface area (Å²) in [4.78, 5) is 42.5. The van der Waals surface area contributed by atoms with Gasteiger partial charge in [0.15, 0.2) is 0 Å². The first kappa shape index (κ1) is 24.9. The van der Waals surface area contributed by atoms with Crippen molar-refractivity contribution < 1.29 is 34.1 Å². The number of amides is 2. The van der Waals surface area contributed by atoms with E-state index >= 15 is 0 Å². The van der Waals surface area contributed by atoms with Gasteiger partial charge in [-0.25, -0.2) is 9.59 Å². The monoisotopic (exact) mass is 363 g/mol. The molecule has 0 spiro atoms. The van der Waals surface area contributed by atoms with E-state index in [4.69, 9.17) is 20.7 Å². The Hall–Kier alpha value is -2.36. The molecule has 10 nitrogen and oxygen atoms in total. The van der Waals surface area contributed by atoms with Gasteiger partial charge in [-0.1, -0.05) is 13.8 Å². The Morgan fingerprint density at radius 3 is 1.84 bits per heavy atom. The van der Waals surface area contributed by atoms with E-state index in [0.29, 0.717) is 0 Å². The normalized spacial score (nSPS) is 13.0. The van der Waals surface area contributed by atoms with Crippen LogP contribution in [0.2, 0.25) is 0 Å². The quantitative estimate of drug-likeness (QED) is 0.444. The molecule has 0 radical (unpaired) electrons. The number of carboxylic acid groups (broad SMARTS) is 2. The van der Waals surface area contributed by atoms with Crippen molar-refractivity contribution in [3.8, 4) is 0 Å². The van der Waals surface area contributed by atoms with Crippen molar-refractivity contribution in [2.45, 2.75) is 59.2 Å². The lowest BCUT2D eigenvalue weighted by Gasteiger charge is -2.19. The molecule has 146 valence electrons. The first-order valence-corrected chi connectivity index (χ1v) is 7.64. The molecule has 0 aromatic carbocycles. The second-order valence-electron chi connectivity index (χ2n) is 6.61. The maximum Gasteiger partial charge on any atom is 0.408 e. The van der Waals surface area contributed by atoms with Crippen LogP contribution in [-0.4, -0.2) is 58.4 Å². The largest absolute Gasteiger partial charge is 0.480 e. The van der Waals surface area contributed by atoms with E-state index < -0.39 is 48.2 Å². The molecule has 0 saturated carbocycles. The number of alkyl carbamates (subject to hydrolysis) is 1. The van der Waals surface area contributed by atoms with Crippen molar-refractivity contribution >= 4 is 23.9 Å². The van der Waals surface area contributed by atoms with Gasteiger partial charge in [-0.15, -0.1) is 0 Å². The van der Waals surface area contributed by atoms with E-state index in [1.807, 2.05) is 0 Å². The number of carbonyl (C=O) groups excluding carboxylic acids is 2. The first-order chi connectivity index (χ1) is 11.2. The lowest BCUT2D eigenvalue weighted by molar-refractivity contribution is -0.143. The van der Waals surface area contributed by atoms with Crippen LogP contribution >= 0.6 is 0 Å². The van der Waals surface area contributed by atoms with Gasteiger partial charge in [0.1, 0.15) is 18.2 Å². The zero-order valence-electron chi connectivity index (χ0n) is 15.5. The molecule has 0 aromatic heterocycles. The Bertz CT molecular complexity index is 470. The van der Waals surface area contributed by atoms with Crippen LogP contribution in [-0.2, 0) is 19.1 Å². The fourth-order valence-electron chi connectivity index (χ4n) is 1.26. The molecule has 10 heteroatoms. The fraction of sp³-hybridized carbons (Fsp3) is 0.733. The number of nitrogens with two attached hydrogens (primary N) is 1. The fourth-order valence-corrected chi connectivity index (χ4v) is 1.26. The van der Waals surface area contributed by atoms with Crippen LogP contribution in [0.4, 0.5) is 4.79 Å². The van der Waals surface area contributed by atoms with Gasteiger partial charge in [-0.3, -0.25) is 9.59 Å². The summed E-state index contributed by atoms with van der Waals surface area (Å²) in [6, 6.07) is -1.54. The van der Waals surface area contributed by atoms with E-state index in [1.165, 1.54) is 6.92 Å². The zero-order chi connectivity index (χ0) is 20.4. The van der Waals surface area contributed by atoms with Crippen LogP contribution in [0.1, 0.15) is 41.5 Å². The Morgan fingerprint density at radius 1 is 1.08 bits per heavy atom. The lowest BCUT2D eigenvalue weighted by Crippen LogP contribution is -2.49. The van der Waals surface area contributed by atoms with E-state index in [1.54, 1.807) is 34.6 Å². The predicted octanol–water partition coefficient (Wildman–Crippen LogP) is 0.155. The third kappa shape index (κ3) is 14.9. The summed E-state index contributed by atoms with van der Waals surface area (Å²) in [7, 11) is 0. The van der Waals surface area contributed by atoms with Gasteiger partial charge in [0, 0.05) is 0 Å². The minimum Gasteiger partial charge on any atom is -0.480 e. The number of rotatable bonds is 6. The van der Waals surface area contributed by atoms with E-state index in [2.05, 4.69) is 10.6 Å². The SMILES string of the molecule is CC(C)(C)OC(=O)NCC(=O)O.CC(C)[C@H](NC(=O)[C@H](C)N)C(=O)O. The summed E-state index contributed by atoms with van der Waals surface area (Å²) >= 11 is 0. The topological polar surface area (TPSA) is 168 Å². The highest BCUT2D eigenvalue weighted by atomic mass is 16.6. The van der Waals surface area contributed by atoms with Crippen molar-refractivity contribution in [1.82, 2.24) is 10.6 Å². The van der Waals surface area contributed by atoms with E-state index in [-0.39, 0.29) is 5.92 Å². The average molecular weight is 363 g/mol. The molecule has 0 fully saturated rings. The highest BCUT2D eigenvalue weighted by molar-refractivity contribution is 5.86. The Balaban J connectivity index is 0. The molecule has 0 heterocycles. The molecule has 0 aliphatic heterocycles. The Labute approximate surface area is 147 Å². The van der Waals surface area contributed by atoms with Gasteiger partial charge < -0.3 is 31.3 Å². The standard InChI is InChI=1S/C8H16N2O3.C7H13NO4/c1-4(2)6(8(12)13)10-7(11)5(3)9;1-7(2,3)12-6(11)8-4-5(9)10/h4-6H,9H2,1-3H3,(H,10,11)(H,12,13);4H2,1-3H3,(H,8,11)(H,9,10)/t5-,6-;/m0./s1. The highest BCUT2D eigenvalue weighted by Gasteiger charge is 2.24. The first-order valence-electron chi connectivity index (χ1n) is 7.64. The van der Waals surface area contributed by atoms with Gasteiger partial charge in [-0.05, 0) is 33.6 Å². The van der Waals surface area contributed by atoms with Gasteiger partial charge in [0.25, 0.3) is 0 Å². The molecule has 0 bridgehead atoms. The summed E-state index contributed by atoms with van der Waals surface area (Å²) in [6.07, 6.45) is -0.718. The van der Waals surface area contributed by atoms with Gasteiger partial charge in [-0.2, -0.15) is 0 Å². The number of carboxylic acids is 2. The number of ether oxygens (including phenoxy) is 1. The number of carbonyl (C=O) groups is 4. The zero-order valence-corrected chi connectivity index (χ0v) is 15.5. The second kappa shape index (κ2) is 11.2. The van der Waals surface area contributed by atoms with Crippen LogP contribution in [0.25, 0.3) is 0 Å². The molecule has 0 unspecified atom stereocenters. The van der Waals surface area contributed by atoms with Crippen molar-refractivity contribution in [2.24, 2.45) is 11.7 Å². The second-order valence-corrected chi connectivity index (χ2v) is 6.61. The van der Waals surface area contributed by atoms with Crippen LogP contribution in [0.5, 0.6) is 0 Å². The molecule has 0 aliphatic rings. The third-order valence-corrected chi connectivity index (χ3v) is 2.43. The summed E-state index contributed by atoms with van der Waals surface area (Å²) in [5.74, 6) is -2.73. The molecule has 0 rings (SSSR count). The molecular formula is C15H29N3O7. The van der Waals surface area contributed by atoms with Crippen LogP contribution in [0.15, 0.2) is 0 Å². The van der Waals surface area contributed by atoms with Crippen LogP contribution in [0, 0.1) is 5.92 Å². The summed E-state index contributed by atoms with van der Waals surface area (Å²) in [5.41, 5.74) is 4.68. The Kier molecular flexibility index (Phi) is 11.2. The molecule has 6 N–H and O–H groups in total. The maximum atomic E-state index is 11.1. The molecule has 2 amide bonds. The molecule has 2 atom stereocenters. The van der Waals surface area contributed by atoms with Crippen molar-refractivity contribution in [2.75, 3.05) is 6.54 Å². The molecular weight excluding hydrogens is 334 g/mol. The third-order valence-electron chi connectivity index (χ3n) is 2.43. The summed E-state index contributed by atoms with van der Waals surface area (Å²) in [5, 5.41) is 21.3. The van der Waals surface area contributed by atoms with E-state index in [9.17, 15) is 19.2 Å². The minimum atomic E-state index is -1.10. The number of hydrogen-bond donors (Lipinski definition) is 5. The molecule has 0 saturated heterocycles. The molecule has 0 aliphatic carbocycles. The number of aliphatic carboxylic acids is 2. The molecule has 0 aromatic rings. The average Bonchev–Trinajstić information content (AvgIpc) is 2.40. The summed E-state index contributed by atoms with van der Waals surface area (Å²) < 4.78 is 4.77. The maximum absolute atomic E-state index is 11.1. The predicted molar refractivity (Wildman–Crippen MR) is 89.9 cm³/mol. The van der Waals surface area contributed by atoms with Gasteiger partial charge in [0.2, 0.25) is 5.91 Å². The van der Waals surface area contributed by atoms with Crippen molar-refractivity contribution in [3.63, 3.8) is 0 Å². The van der Waals surface area contributed by atoms with Crippen molar-refractivity contribution in [1.29, 1.82) is 0 Å². The minimum absolute atomic E-state index is 0.153. The lowest BCUT2D eigenvalue weighted by atomic mass is 10.0. The smallest absolute Gasteiger partial charge is 0.408 e. The van der Waals surface area contributed by atoms with Gasteiger partial charge in [0.05, 0.1) is 6.04 Å². The van der Waals surface area contributed by atoms with Crippen molar-refractivity contribution in [3.05, 3.63) is 0 Å². The number of hydrogen-bond acceptors (Lipinski definition) is 6.